The zero-order chi connectivity index (χ0) is 10.7. The van der Waals surface area contributed by atoms with Gasteiger partial charge in [0.25, 0.3) is 0 Å². The summed E-state index contributed by atoms with van der Waals surface area (Å²) in [5, 5.41) is 17.8. The Hall–Kier alpha value is -1.26. The van der Waals surface area contributed by atoms with Gasteiger partial charge in [-0.3, -0.25) is 4.90 Å². The van der Waals surface area contributed by atoms with Crippen LogP contribution in [0.15, 0.2) is 0 Å². The molecule has 1 amide bonds. The number of amides is 1. The molecule has 1 aliphatic carbocycles. The van der Waals surface area contributed by atoms with Gasteiger partial charge in [0.1, 0.15) is 6.04 Å². The van der Waals surface area contributed by atoms with Gasteiger partial charge in [-0.25, -0.2) is 9.59 Å². The highest BCUT2D eigenvalue weighted by Gasteiger charge is 2.69. The van der Waals surface area contributed by atoms with Crippen molar-refractivity contribution in [1.29, 1.82) is 0 Å². The summed E-state index contributed by atoms with van der Waals surface area (Å²) in [4.78, 5) is 22.7. The van der Waals surface area contributed by atoms with Crippen LogP contribution in [0.3, 0.4) is 0 Å². The molecule has 0 aromatic carbocycles. The predicted octanol–water partition coefficient (Wildman–Crippen LogP) is 0.705. The van der Waals surface area contributed by atoms with Gasteiger partial charge in [-0.05, 0) is 11.3 Å². The maximum atomic E-state index is 10.9. The molecular formula is C9H13NO4. The number of carboxylic acid groups (broad SMARTS) is 2. The molecule has 78 valence electrons. The summed E-state index contributed by atoms with van der Waals surface area (Å²) in [6, 6.07) is -0.840. The van der Waals surface area contributed by atoms with Crippen molar-refractivity contribution in [2.45, 2.75) is 19.9 Å². The Morgan fingerprint density at radius 2 is 1.93 bits per heavy atom. The zero-order valence-electron chi connectivity index (χ0n) is 8.10. The molecule has 2 aliphatic rings. The molecule has 3 unspecified atom stereocenters. The van der Waals surface area contributed by atoms with Crippen molar-refractivity contribution in [3.63, 3.8) is 0 Å². The van der Waals surface area contributed by atoms with Crippen LogP contribution in [-0.4, -0.2) is 39.8 Å². The van der Waals surface area contributed by atoms with Gasteiger partial charge in [-0.1, -0.05) is 13.8 Å². The maximum absolute atomic E-state index is 10.9. The average Bonchev–Trinajstić information content (AvgIpc) is 2.47. The van der Waals surface area contributed by atoms with E-state index in [1.54, 1.807) is 0 Å². The number of nitrogens with zero attached hydrogens (tertiary/aromatic N) is 1. The lowest BCUT2D eigenvalue weighted by Gasteiger charge is -2.25. The quantitative estimate of drug-likeness (QED) is 0.651. The first kappa shape index (κ1) is 9.30. The van der Waals surface area contributed by atoms with Gasteiger partial charge < -0.3 is 10.2 Å². The van der Waals surface area contributed by atoms with Gasteiger partial charge in [0.05, 0.1) is 0 Å². The molecule has 0 aromatic heterocycles. The first-order valence-corrected chi connectivity index (χ1v) is 4.59. The molecule has 2 rings (SSSR count). The summed E-state index contributed by atoms with van der Waals surface area (Å²) in [5.41, 5.74) is -0.00495. The number of carbonyl (C=O) groups is 2. The lowest BCUT2D eigenvalue weighted by Crippen LogP contribution is -2.44. The minimum absolute atomic E-state index is 0.00361. The number of aliphatic carboxylic acids is 1. The molecule has 0 bridgehead atoms. The summed E-state index contributed by atoms with van der Waals surface area (Å²) >= 11 is 0. The zero-order valence-corrected chi connectivity index (χ0v) is 8.10. The van der Waals surface area contributed by atoms with Crippen LogP contribution in [0.5, 0.6) is 0 Å². The third kappa shape index (κ3) is 0.951. The fourth-order valence-corrected chi connectivity index (χ4v) is 2.77. The third-order valence-electron chi connectivity index (χ3n) is 3.71. The number of fused-ring (bicyclic) bond motifs is 1. The molecule has 2 fully saturated rings. The van der Waals surface area contributed by atoms with E-state index >= 15 is 0 Å². The molecular weight excluding hydrogens is 186 g/mol. The van der Waals surface area contributed by atoms with E-state index in [1.165, 1.54) is 0 Å². The van der Waals surface area contributed by atoms with Crippen LogP contribution in [0.2, 0.25) is 0 Å². The average molecular weight is 199 g/mol. The van der Waals surface area contributed by atoms with Crippen LogP contribution in [0.4, 0.5) is 4.79 Å². The summed E-state index contributed by atoms with van der Waals surface area (Å²) in [7, 11) is 0. The summed E-state index contributed by atoms with van der Waals surface area (Å²) < 4.78 is 0. The molecule has 1 saturated heterocycles. The van der Waals surface area contributed by atoms with Crippen molar-refractivity contribution in [2.75, 3.05) is 6.54 Å². The van der Waals surface area contributed by atoms with Gasteiger partial charge in [0.2, 0.25) is 0 Å². The topological polar surface area (TPSA) is 77.8 Å². The van der Waals surface area contributed by atoms with Gasteiger partial charge >= 0.3 is 12.1 Å². The van der Waals surface area contributed by atoms with Crippen LogP contribution in [0.25, 0.3) is 0 Å². The lowest BCUT2D eigenvalue weighted by molar-refractivity contribution is -0.143. The molecule has 5 nitrogen and oxygen atoms in total. The fourth-order valence-electron chi connectivity index (χ4n) is 2.77. The van der Waals surface area contributed by atoms with E-state index in [0.29, 0.717) is 6.54 Å². The van der Waals surface area contributed by atoms with Crippen LogP contribution in [0, 0.1) is 17.3 Å². The maximum Gasteiger partial charge on any atom is 0.408 e. The van der Waals surface area contributed by atoms with E-state index in [2.05, 4.69) is 0 Å². The Bertz CT molecular complexity index is 312. The first-order chi connectivity index (χ1) is 6.37. The van der Waals surface area contributed by atoms with Crippen LogP contribution < -0.4 is 0 Å². The highest BCUT2D eigenvalue weighted by Crippen LogP contribution is 2.64. The van der Waals surface area contributed by atoms with Gasteiger partial charge in [0.15, 0.2) is 0 Å². The van der Waals surface area contributed by atoms with Crippen LogP contribution in [-0.2, 0) is 4.79 Å². The molecule has 0 spiro atoms. The number of rotatable bonds is 1. The summed E-state index contributed by atoms with van der Waals surface area (Å²) in [6.07, 6.45) is -1.12. The minimum atomic E-state index is -1.12. The van der Waals surface area contributed by atoms with Crippen molar-refractivity contribution in [3.8, 4) is 0 Å². The normalized spacial score (nSPS) is 37.9. The van der Waals surface area contributed by atoms with Gasteiger partial charge in [-0.15, -0.1) is 0 Å². The van der Waals surface area contributed by atoms with Crippen molar-refractivity contribution < 1.29 is 19.8 Å². The van der Waals surface area contributed by atoms with E-state index in [0.717, 1.165) is 4.90 Å². The number of likely N-dealkylation sites (tertiary alicyclic amines) is 1. The molecule has 5 heteroatoms. The highest BCUT2D eigenvalue weighted by molar-refractivity contribution is 5.81. The Labute approximate surface area is 81.3 Å². The lowest BCUT2D eigenvalue weighted by atomic mass is 10.0. The number of hydrogen-bond acceptors (Lipinski definition) is 2. The van der Waals surface area contributed by atoms with Crippen molar-refractivity contribution in [2.24, 2.45) is 17.3 Å². The molecule has 2 N–H and O–H groups in total. The first-order valence-electron chi connectivity index (χ1n) is 4.59. The van der Waals surface area contributed by atoms with E-state index < -0.39 is 18.1 Å². The smallest absolute Gasteiger partial charge is 0.408 e. The van der Waals surface area contributed by atoms with Crippen LogP contribution >= 0.6 is 0 Å². The highest BCUT2D eigenvalue weighted by atomic mass is 16.4. The Balaban J connectivity index is 2.23. The second-order valence-electron chi connectivity index (χ2n) is 4.67. The standard InChI is InChI=1S/C9H13NO4/c1-9(2)4-3-10(8(13)14)6(5(4)9)7(11)12/h4-6H,3H2,1-2H3,(H,11,12)(H,13,14). The summed E-state index contributed by atoms with van der Waals surface area (Å²) in [6.45, 7) is 4.36. The predicted molar refractivity (Wildman–Crippen MR) is 46.9 cm³/mol. The Morgan fingerprint density at radius 1 is 1.36 bits per heavy atom. The van der Waals surface area contributed by atoms with Gasteiger partial charge in [0, 0.05) is 12.5 Å². The Kier molecular flexibility index (Phi) is 1.60. The van der Waals surface area contributed by atoms with Crippen molar-refractivity contribution in [1.82, 2.24) is 4.90 Å². The molecule has 0 aromatic rings. The van der Waals surface area contributed by atoms with E-state index in [1.807, 2.05) is 13.8 Å². The Morgan fingerprint density at radius 3 is 2.36 bits per heavy atom. The van der Waals surface area contributed by atoms with Gasteiger partial charge in [-0.2, -0.15) is 0 Å². The third-order valence-corrected chi connectivity index (χ3v) is 3.71. The molecule has 3 atom stereocenters. The largest absolute Gasteiger partial charge is 0.480 e. The fraction of sp³-hybridized carbons (Fsp3) is 0.778. The molecule has 1 aliphatic heterocycles. The van der Waals surface area contributed by atoms with Crippen molar-refractivity contribution >= 4 is 12.1 Å². The minimum Gasteiger partial charge on any atom is -0.480 e. The SMILES string of the molecule is CC1(C)C2CN(C(=O)O)C(C(=O)O)C21. The van der Waals surface area contributed by atoms with Crippen molar-refractivity contribution in [3.05, 3.63) is 0 Å². The molecule has 14 heavy (non-hydrogen) atoms. The number of piperidine rings is 1. The number of carboxylic acids is 1. The van der Waals surface area contributed by atoms with E-state index in [-0.39, 0.29) is 17.3 Å². The van der Waals surface area contributed by atoms with E-state index in [9.17, 15) is 9.59 Å². The second kappa shape index (κ2) is 2.40. The molecule has 1 saturated carbocycles. The summed E-state index contributed by atoms with van der Waals surface area (Å²) in [5.74, 6) is -0.804. The van der Waals surface area contributed by atoms with E-state index in [4.69, 9.17) is 10.2 Å². The van der Waals surface area contributed by atoms with Crippen LogP contribution in [0.1, 0.15) is 13.8 Å². The molecule has 0 radical (unpaired) electrons. The monoisotopic (exact) mass is 199 g/mol. The molecule has 1 heterocycles. The second-order valence-corrected chi connectivity index (χ2v) is 4.67. The number of hydrogen-bond donors (Lipinski definition) is 2.